The lowest BCUT2D eigenvalue weighted by molar-refractivity contribution is -0.159. The first-order valence-corrected chi connectivity index (χ1v) is 7.70. The standard InChI is InChI=1S/C17H26N2O2/c1-4-18(3)13-17(21)9-6-10-19(16(17)20)12-15-8-5-7-14(2)11-15/h5,7-8,11,21H,4,6,9-10,12-13H2,1-3H3. The van der Waals surface area contributed by atoms with Gasteiger partial charge in [0, 0.05) is 19.6 Å². The van der Waals surface area contributed by atoms with Crippen LogP contribution in [0.15, 0.2) is 24.3 Å². The van der Waals surface area contributed by atoms with Crippen LogP contribution in [0.1, 0.15) is 30.9 Å². The van der Waals surface area contributed by atoms with Crippen LogP contribution in [0.3, 0.4) is 0 Å². The highest BCUT2D eigenvalue weighted by Gasteiger charge is 2.42. The van der Waals surface area contributed by atoms with Crippen LogP contribution in [0.5, 0.6) is 0 Å². The molecule has 21 heavy (non-hydrogen) atoms. The molecule has 1 aliphatic heterocycles. The number of carbonyl (C=O) groups excluding carboxylic acids is 1. The van der Waals surface area contributed by atoms with E-state index in [-0.39, 0.29) is 5.91 Å². The second-order valence-corrected chi connectivity index (χ2v) is 6.18. The number of aryl methyl sites for hydroxylation is 1. The van der Waals surface area contributed by atoms with Crippen molar-refractivity contribution in [3.05, 3.63) is 35.4 Å². The average molecular weight is 290 g/mol. The van der Waals surface area contributed by atoms with Gasteiger partial charge in [0.05, 0.1) is 0 Å². The van der Waals surface area contributed by atoms with E-state index in [0.717, 1.165) is 25.1 Å². The highest BCUT2D eigenvalue weighted by Crippen LogP contribution is 2.25. The van der Waals surface area contributed by atoms with Gasteiger partial charge < -0.3 is 14.9 Å². The molecule has 1 fully saturated rings. The van der Waals surface area contributed by atoms with Gasteiger partial charge in [-0.25, -0.2) is 0 Å². The molecule has 0 radical (unpaired) electrons. The van der Waals surface area contributed by atoms with Crippen LogP contribution < -0.4 is 0 Å². The molecule has 0 saturated carbocycles. The van der Waals surface area contributed by atoms with Gasteiger partial charge in [-0.2, -0.15) is 0 Å². The van der Waals surface area contributed by atoms with Crippen LogP contribution in [-0.2, 0) is 11.3 Å². The van der Waals surface area contributed by atoms with Gasteiger partial charge in [0.25, 0.3) is 5.91 Å². The van der Waals surface area contributed by atoms with Crippen LogP contribution in [-0.4, -0.2) is 53.1 Å². The zero-order valence-corrected chi connectivity index (χ0v) is 13.3. The molecule has 1 saturated heterocycles. The highest BCUT2D eigenvalue weighted by atomic mass is 16.3. The van der Waals surface area contributed by atoms with Crippen molar-refractivity contribution >= 4 is 5.91 Å². The summed E-state index contributed by atoms with van der Waals surface area (Å²) in [6.07, 6.45) is 1.41. The van der Waals surface area contributed by atoms with Gasteiger partial charge >= 0.3 is 0 Å². The minimum absolute atomic E-state index is 0.129. The van der Waals surface area contributed by atoms with Gasteiger partial charge in [0.15, 0.2) is 5.60 Å². The van der Waals surface area contributed by atoms with Crippen molar-refractivity contribution in [1.82, 2.24) is 9.80 Å². The SMILES string of the molecule is CCN(C)CC1(O)CCCN(Cc2cccc(C)c2)C1=O. The second-order valence-electron chi connectivity index (χ2n) is 6.18. The van der Waals surface area contributed by atoms with Gasteiger partial charge in [0.1, 0.15) is 0 Å². The lowest BCUT2D eigenvalue weighted by Gasteiger charge is -2.40. The maximum Gasteiger partial charge on any atom is 0.256 e. The van der Waals surface area contributed by atoms with Crippen molar-refractivity contribution in [1.29, 1.82) is 0 Å². The van der Waals surface area contributed by atoms with Gasteiger partial charge in [-0.15, -0.1) is 0 Å². The van der Waals surface area contributed by atoms with E-state index in [0.29, 0.717) is 19.5 Å². The molecule has 1 heterocycles. The van der Waals surface area contributed by atoms with Crippen molar-refractivity contribution in [2.75, 3.05) is 26.7 Å². The summed E-state index contributed by atoms with van der Waals surface area (Å²) in [6.45, 7) is 6.62. The van der Waals surface area contributed by atoms with Crippen molar-refractivity contribution in [3.8, 4) is 0 Å². The highest BCUT2D eigenvalue weighted by molar-refractivity contribution is 5.86. The monoisotopic (exact) mass is 290 g/mol. The normalized spacial score (nSPS) is 22.9. The third-order valence-electron chi connectivity index (χ3n) is 4.23. The Morgan fingerprint density at radius 1 is 1.43 bits per heavy atom. The molecular weight excluding hydrogens is 264 g/mol. The minimum atomic E-state index is -1.23. The van der Waals surface area contributed by atoms with E-state index in [9.17, 15) is 9.90 Å². The molecule has 0 spiro atoms. The lowest BCUT2D eigenvalue weighted by Crippen LogP contribution is -2.57. The fourth-order valence-corrected chi connectivity index (χ4v) is 2.95. The predicted octanol–water partition coefficient (Wildman–Crippen LogP) is 1.80. The quantitative estimate of drug-likeness (QED) is 0.899. The third kappa shape index (κ3) is 3.83. The molecule has 1 aromatic carbocycles. The minimum Gasteiger partial charge on any atom is -0.379 e. The molecule has 4 nitrogen and oxygen atoms in total. The molecule has 1 aliphatic rings. The first-order valence-electron chi connectivity index (χ1n) is 7.70. The largest absolute Gasteiger partial charge is 0.379 e. The van der Waals surface area contributed by atoms with E-state index >= 15 is 0 Å². The number of benzene rings is 1. The smallest absolute Gasteiger partial charge is 0.256 e. The number of likely N-dealkylation sites (tertiary alicyclic amines) is 1. The Morgan fingerprint density at radius 3 is 2.86 bits per heavy atom. The van der Waals surface area contributed by atoms with Gasteiger partial charge in [-0.1, -0.05) is 36.8 Å². The number of aliphatic hydroxyl groups is 1. The van der Waals surface area contributed by atoms with Crippen molar-refractivity contribution in [3.63, 3.8) is 0 Å². The molecule has 1 atom stereocenters. The Morgan fingerprint density at radius 2 is 2.19 bits per heavy atom. The van der Waals surface area contributed by atoms with Gasteiger partial charge in [0.2, 0.25) is 0 Å². The molecule has 4 heteroatoms. The first-order chi connectivity index (χ1) is 9.94. The average Bonchev–Trinajstić information content (AvgIpc) is 2.44. The maximum atomic E-state index is 12.6. The summed E-state index contributed by atoms with van der Waals surface area (Å²) in [7, 11) is 1.94. The Labute approximate surface area is 127 Å². The van der Waals surface area contributed by atoms with Crippen LogP contribution in [0.2, 0.25) is 0 Å². The Hall–Kier alpha value is -1.39. The number of nitrogens with zero attached hydrogens (tertiary/aromatic N) is 2. The van der Waals surface area contributed by atoms with E-state index in [4.69, 9.17) is 0 Å². The van der Waals surface area contributed by atoms with E-state index < -0.39 is 5.60 Å². The lowest BCUT2D eigenvalue weighted by atomic mass is 9.91. The summed E-state index contributed by atoms with van der Waals surface area (Å²) < 4.78 is 0. The van der Waals surface area contributed by atoms with E-state index in [1.165, 1.54) is 5.56 Å². The molecule has 116 valence electrons. The molecule has 1 unspecified atom stereocenters. The molecule has 0 aliphatic carbocycles. The number of hydrogen-bond donors (Lipinski definition) is 1. The zero-order valence-electron chi connectivity index (χ0n) is 13.3. The van der Waals surface area contributed by atoms with Crippen molar-refractivity contribution in [2.24, 2.45) is 0 Å². The Balaban J connectivity index is 2.09. The number of piperidine rings is 1. The summed E-state index contributed by atoms with van der Waals surface area (Å²) in [6, 6.07) is 8.19. The fraction of sp³-hybridized carbons (Fsp3) is 0.588. The van der Waals surface area contributed by atoms with Crippen molar-refractivity contribution in [2.45, 2.75) is 38.8 Å². The summed E-state index contributed by atoms with van der Waals surface area (Å²) in [5, 5.41) is 10.7. The molecule has 2 rings (SSSR count). The van der Waals surface area contributed by atoms with E-state index in [1.807, 2.05) is 44.0 Å². The Kier molecular flexibility index (Phi) is 5.01. The van der Waals surface area contributed by atoms with Crippen molar-refractivity contribution < 1.29 is 9.90 Å². The zero-order chi connectivity index (χ0) is 15.5. The molecule has 0 aromatic heterocycles. The van der Waals surface area contributed by atoms with Crippen LogP contribution in [0.25, 0.3) is 0 Å². The summed E-state index contributed by atoms with van der Waals surface area (Å²) in [4.78, 5) is 16.4. The summed E-state index contributed by atoms with van der Waals surface area (Å²) in [5.41, 5.74) is 1.08. The fourth-order valence-electron chi connectivity index (χ4n) is 2.95. The van der Waals surface area contributed by atoms with Crippen LogP contribution in [0.4, 0.5) is 0 Å². The predicted molar refractivity (Wildman–Crippen MR) is 84.0 cm³/mol. The topological polar surface area (TPSA) is 43.8 Å². The van der Waals surface area contributed by atoms with E-state index in [1.54, 1.807) is 4.90 Å². The number of rotatable bonds is 5. The number of hydrogen-bond acceptors (Lipinski definition) is 3. The molecule has 0 bridgehead atoms. The number of carbonyl (C=O) groups is 1. The van der Waals surface area contributed by atoms with Gasteiger partial charge in [-0.05, 0) is 38.9 Å². The third-order valence-corrected chi connectivity index (χ3v) is 4.23. The molecule has 1 aromatic rings. The summed E-state index contributed by atoms with van der Waals surface area (Å²) >= 11 is 0. The molecular formula is C17H26N2O2. The first kappa shape index (κ1) is 16.0. The second kappa shape index (κ2) is 6.58. The number of amides is 1. The molecule has 1 N–H and O–H groups in total. The summed E-state index contributed by atoms with van der Waals surface area (Å²) in [5.74, 6) is -0.129. The number of likely N-dealkylation sites (N-methyl/N-ethyl adjacent to an activating group) is 1. The Bertz CT molecular complexity index is 503. The van der Waals surface area contributed by atoms with Crippen LogP contribution >= 0.6 is 0 Å². The maximum absolute atomic E-state index is 12.6. The molecule has 1 amide bonds. The van der Waals surface area contributed by atoms with E-state index in [2.05, 4.69) is 6.07 Å². The van der Waals surface area contributed by atoms with Crippen LogP contribution in [0, 0.1) is 6.92 Å². The van der Waals surface area contributed by atoms with Gasteiger partial charge in [-0.3, -0.25) is 4.79 Å².